The van der Waals surface area contributed by atoms with E-state index in [1.165, 1.54) is 5.56 Å². The van der Waals surface area contributed by atoms with E-state index in [2.05, 4.69) is 21.4 Å². The zero-order valence-corrected chi connectivity index (χ0v) is 8.87. The van der Waals surface area contributed by atoms with Crippen molar-refractivity contribution in [3.05, 3.63) is 46.4 Å². The molecule has 2 nitrogen and oxygen atoms in total. The number of nitrogens with zero attached hydrogens (tertiary/aromatic N) is 1. The first-order chi connectivity index (χ1) is 6.75. The number of aromatic nitrogens is 1. The van der Waals surface area contributed by atoms with Crippen LogP contribution in [0.1, 0.15) is 24.2 Å². The van der Waals surface area contributed by atoms with Crippen molar-refractivity contribution >= 4 is 11.3 Å². The molecule has 2 aromatic heterocycles. The maximum atomic E-state index is 9.35. The van der Waals surface area contributed by atoms with Crippen LogP contribution in [0.3, 0.4) is 0 Å². The van der Waals surface area contributed by atoms with Crippen LogP contribution in [0.4, 0.5) is 0 Å². The molecule has 0 saturated heterocycles. The minimum atomic E-state index is -0.376. The van der Waals surface area contributed by atoms with Gasteiger partial charge in [-0.2, -0.15) is 11.3 Å². The van der Waals surface area contributed by atoms with E-state index >= 15 is 0 Å². The lowest BCUT2D eigenvalue weighted by Gasteiger charge is -2.01. The molecule has 74 valence electrons. The molecule has 0 radical (unpaired) electrons. The molecule has 0 saturated carbocycles. The normalized spacial score (nSPS) is 13.0. The minimum absolute atomic E-state index is 0.376. The third kappa shape index (κ3) is 2.05. The Balaban J connectivity index is 2.11. The number of hydrogen-bond acceptors (Lipinski definition) is 2. The monoisotopic (exact) mass is 207 g/mol. The Hall–Kier alpha value is -1.06. The van der Waals surface area contributed by atoms with E-state index in [9.17, 15) is 5.11 Å². The maximum absolute atomic E-state index is 9.35. The van der Waals surface area contributed by atoms with E-state index in [1.54, 1.807) is 18.3 Å². The van der Waals surface area contributed by atoms with Crippen LogP contribution in [0.2, 0.25) is 0 Å². The van der Waals surface area contributed by atoms with Gasteiger partial charge in [0.25, 0.3) is 0 Å². The molecule has 0 aliphatic heterocycles. The number of thiophene rings is 1. The van der Waals surface area contributed by atoms with Crippen LogP contribution in [-0.4, -0.2) is 9.67 Å². The lowest BCUT2D eigenvalue weighted by Crippen LogP contribution is -1.95. The molecule has 0 fully saturated rings. The molecule has 2 heterocycles. The summed E-state index contributed by atoms with van der Waals surface area (Å²) in [5.41, 5.74) is 2.28. The zero-order chi connectivity index (χ0) is 9.97. The molecule has 1 atom stereocenters. The Labute approximate surface area is 87.4 Å². The fourth-order valence-corrected chi connectivity index (χ4v) is 2.06. The largest absolute Gasteiger partial charge is 0.389 e. The highest BCUT2D eigenvalue weighted by atomic mass is 32.1. The molecule has 3 heteroatoms. The van der Waals surface area contributed by atoms with Crippen molar-refractivity contribution in [3.8, 4) is 0 Å². The molecule has 0 amide bonds. The SMILES string of the molecule is CC(O)c1ccn(Cc2ccsc2)c1. The molecule has 0 aliphatic rings. The summed E-state index contributed by atoms with van der Waals surface area (Å²) >= 11 is 1.71. The van der Waals surface area contributed by atoms with E-state index in [0.29, 0.717) is 0 Å². The van der Waals surface area contributed by atoms with E-state index in [0.717, 1.165) is 12.1 Å². The lowest BCUT2D eigenvalue weighted by atomic mass is 10.2. The van der Waals surface area contributed by atoms with Gasteiger partial charge < -0.3 is 9.67 Å². The summed E-state index contributed by atoms with van der Waals surface area (Å²) in [5.74, 6) is 0. The zero-order valence-electron chi connectivity index (χ0n) is 8.05. The first-order valence-electron chi connectivity index (χ1n) is 4.60. The van der Waals surface area contributed by atoms with E-state index in [4.69, 9.17) is 0 Å². The Kier molecular flexibility index (Phi) is 2.70. The molecule has 0 spiro atoms. The van der Waals surface area contributed by atoms with Gasteiger partial charge >= 0.3 is 0 Å². The summed E-state index contributed by atoms with van der Waals surface area (Å²) in [6.45, 7) is 2.67. The van der Waals surface area contributed by atoms with Crippen LogP contribution < -0.4 is 0 Å². The Morgan fingerprint density at radius 1 is 1.50 bits per heavy atom. The second kappa shape index (κ2) is 3.98. The summed E-state index contributed by atoms with van der Waals surface area (Å²) in [4.78, 5) is 0. The second-order valence-electron chi connectivity index (χ2n) is 3.42. The molecular formula is C11H13NOS. The van der Waals surface area contributed by atoms with Gasteiger partial charge in [-0.3, -0.25) is 0 Å². The second-order valence-corrected chi connectivity index (χ2v) is 4.20. The maximum Gasteiger partial charge on any atom is 0.0776 e. The van der Waals surface area contributed by atoms with Gasteiger partial charge in [-0.15, -0.1) is 0 Å². The number of aliphatic hydroxyl groups excluding tert-OH is 1. The molecule has 0 bridgehead atoms. The number of rotatable bonds is 3. The average molecular weight is 207 g/mol. The van der Waals surface area contributed by atoms with Gasteiger partial charge in [-0.25, -0.2) is 0 Å². The van der Waals surface area contributed by atoms with Gasteiger partial charge in [-0.1, -0.05) is 0 Å². The highest BCUT2D eigenvalue weighted by Crippen LogP contribution is 2.14. The molecule has 0 aliphatic carbocycles. The van der Waals surface area contributed by atoms with Gasteiger partial charge in [0.2, 0.25) is 0 Å². The number of aliphatic hydroxyl groups is 1. The van der Waals surface area contributed by atoms with Gasteiger partial charge in [0.05, 0.1) is 6.10 Å². The predicted molar refractivity (Wildman–Crippen MR) is 58.5 cm³/mol. The minimum Gasteiger partial charge on any atom is -0.389 e. The van der Waals surface area contributed by atoms with Crippen LogP contribution >= 0.6 is 11.3 Å². The molecule has 0 aromatic carbocycles. The van der Waals surface area contributed by atoms with Gasteiger partial charge in [0.15, 0.2) is 0 Å². The quantitative estimate of drug-likeness (QED) is 0.822. The smallest absolute Gasteiger partial charge is 0.0776 e. The van der Waals surface area contributed by atoms with Gasteiger partial charge in [-0.05, 0) is 40.9 Å². The third-order valence-corrected chi connectivity index (χ3v) is 2.93. The predicted octanol–water partition coefficient (Wildman–Crippen LogP) is 2.65. The van der Waals surface area contributed by atoms with Crippen molar-refractivity contribution in [2.24, 2.45) is 0 Å². The Morgan fingerprint density at radius 3 is 2.93 bits per heavy atom. The first-order valence-corrected chi connectivity index (χ1v) is 5.55. The molecule has 1 N–H and O–H groups in total. The van der Waals surface area contributed by atoms with Gasteiger partial charge in [0.1, 0.15) is 0 Å². The van der Waals surface area contributed by atoms with E-state index in [-0.39, 0.29) is 6.10 Å². The van der Waals surface area contributed by atoms with Crippen molar-refractivity contribution in [2.45, 2.75) is 19.6 Å². The van der Waals surface area contributed by atoms with Crippen molar-refractivity contribution in [1.29, 1.82) is 0 Å². The molecular weight excluding hydrogens is 194 g/mol. The highest BCUT2D eigenvalue weighted by molar-refractivity contribution is 7.07. The lowest BCUT2D eigenvalue weighted by molar-refractivity contribution is 0.199. The van der Waals surface area contributed by atoms with Crippen molar-refractivity contribution in [1.82, 2.24) is 4.57 Å². The van der Waals surface area contributed by atoms with Crippen LogP contribution in [0.15, 0.2) is 35.3 Å². The van der Waals surface area contributed by atoms with Crippen LogP contribution in [0.5, 0.6) is 0 Å². The molecule has 14 heavy (non-hydrogen) atoms. The van der Waals surface area contributed by atoms with Crippen molar-refractivity contribution < 1.29 is 5.11 Å². The van der Waals surface area contributed by atoms with E-state index < -0.39 is 0 Å². The van der Waals surface area contributed by atoms with Crippen molar-refractivity contribution in [2.75, 3.05) is 0 Å². The van der Waals surface area contributed by atoms with Crippen LogP contribution in [0, 0.1) is 0 Å². The number of hydrogen-bond donors (Lipinski definition) is 1. The van der Waals surface area contributed by atoms with Crippen LogP contribution in [0.25, 0.3) is 0 Å². The highest BCUT2D eigenvalue weighted by Gasteiger charge is 2.02. The first kappa shape index (κ1) is 9.49. The average Bonchev–Trinajstić information content (AvgIpc) is 2.75. The van der Waals surface area contributed by atoms with Gasteiger partial charge in [0, 0.05) is 18.9 Å². The Bertz CT molecular complexity index is 389. The Morgan fingerprint density at radius 2 is 2.36 bits per heavy atom. The summed E-state index contributed by atoms with van der Waals surface area (Å²) in [5, 5.41) is 13.6. The third-order valence-electron chi connectivity index (χ3n) is 2.20. The summed E-state index contributed by atoms with van der Waals surface area (Å²) in [6, 6.07) is 4.07. The topological polar surface area (TPSA) is 25.2 Å². The standard InChI is InChI=1S/C11H13NOS/c1-9(13)11-2-4-12(7-11)6-10-3-5-14-8-10/h2-5,7-9,13H,6H2,1H3. The van der Waals surface area contributed by atoms with E-state index in [1.807, 2.05) is 18.5 Å². The molecule has 1 unspecified atom stereocenters. The fourth-order valence-electron chi connectivity index (χ4n) is 1.40. The summed E-state index contributed by atoms with van der Waals surface area (Å²) in [6.07, 6.45) is 3.61. The fraction of sp³-hybridized carbons (Fsp3) is 0.273. The summed E-state index contributed by atoms with van der Waals surface area (Å²) < 4.78 is 2.09. The summed E-state index contributed by atoms with van der Waals surface area (Å²) in [7, 11) is 0. The molecule has 2 rings (SSSR count). The molecule has 2 aromatic rings. The van der Waals surface area contributed by atoms with Crippen molar-refractivity contribution in [3.63, 3.8) is 0 Å². The van der Waals surface area contributed by atoms with Crippen LogP contribution in [-0.2, 0) is 6.54 Å².